The highest BCUT2D eigenvalue weighted by atomic mass is 19.1. The summed E-state index contributed by atoms with van der Waals surface area (Å²) in [4.78, 5) is 25.7. The number of para-hydroxylation sites is 1. The number of aromatic nitrogens is 2. The molecule has 0 spiro atoms. The average Bonchev–Trinajstić information content (AvgIpc) is 3.01. The Balaban J connectivity index is 1.48. The van der Waals surface area contributed by atoms with Gasteiger partial charge in [0.2, 0.25) is 0 Å². The second kappa shape index (κ2) is 7.38. The molecule has 1 fully saturated rings. The summed E-state index contributed by atoms with van der Waals surface area (Å²) in [6, 6.07) is 7.75. The van der Waals surface area contributed by atoms with E-state index in [9.17, 15) is 14.0 Å². The molecule has 1 aliphatic rings. The van der Waals surface area contributed by atoms with E-state index in [1.165, 1.54) is 16.8 Å². The molecule has 0 bridgehead atoms. The van der Waals surface area contributed by atoms with Crippen LogP contribution in [0.2, 0.25) is 0 Å². The second-order valence-electron chi connectivity index (χ2n) is 7.56. The van der Waals surface area contributed by atoms with Gasteiger partial charge in [-0.15, -0.1) is 0 Å². The van der Waals surface area contributed by atoms with Gasteiger partial charge >= 0.3 is 6.09 Å². The molecule has 0 saturated carbocycles. The van der Waals surface area contributed by atoms with Crippen molar-refractivity contribution in [2.24, 2.45) is 5.92 Å². The van der Waals surface area contributed by atoms with Crippen LogP contribution in [0.3, 0.4) is 0 Å². The number of likely N-dealkylation sites (tertiary alicyclic amines) is 1. The van der Waals surface area contributed by atoms with Crippen LogP contribution in [0.25, 0.3) is 5.69 Å². The number of halogens is 1. The molecule has 3 rings (SSSR count). The van der Waals surface area contributed by atoms with E-state index in [1.54, 1.807) is 29.3 Å². The predicted molar refractivity (Wildman–Crippen MR) is 97.2 cm³/mol. The lowest BCUT2D eigenvalue weighted by Gasteiger charge is -2.39. The Morgan fingerprint density at radius 3 is 2.63 bits per heavy atom. The van der Waals surface area contributed by atoms with Gasteiger partial charge in [-0.05, 0) is 39.0 Å². The Morgan fingerprint density at radius 1 is 1.26 bits per heavy atom. The van der Waals surface area contributed by atoms with Gasteiger partial charge in [-0.2, -0.15) is 5.10 Å². The molecule has 27 heavy (non-hydrogen) atoms. The Hall–Kier alpha value is -2.90. The molecule has 1 aromatic carbocycles. The zero-order valence-corrected chi connectivity index (χ0v) is 15.6. The fraction of sp³-hybridized carbons (Fsp3) is 0.421. The number of amides is 2. The first-order valence-corrected chi connectivity index (χ1v) is 8.79. The van der Waals surface area contributed by atoms with Crippen molar-refractivity contribution in [1.82, 2.24) is 20.0 Å². The number of benzene rings is 1. The SMILES string of the molecule is CC(C)(C)OC(=O)N1CC(CNC(=O)c2ccn(-c3ccccc3F)n2)C1. The van der Waals surface area contributed by atoms with Crippen molar-refractivity contribution < 1.29 is 18.7 Å². The predicted octanol–water partition coefficient (Wildman–Crippen LogP) is 2.61. The molecule has 2 amide bonds. The minimum absolute atomic E-state index is 0.176. The van der Waals surface area contributed by atoms with Gasteiger partial charge in [0, 0.05) is 31.7 Å². The Morgan fingerprint density at radius 2 is 1.96 bits per heavy atom. The third-order valence-electron chi connectivity index (χ3n) is 4.08. The summed E-state index contributed by atoms with van der Waals surface area (Å²) in [7, 11) is 0. The van der Waals surface area contributed by atoms with Gasteiger partial charge in [0.25, 0.3) is 5.91 Å². The average molecular weight is 374 g/mol. The number of hydrogen-bond donors (Lipinski definition) is 1. The summed E-state index contributed by atoms with van der Waals surface area (Å²) < 4.78 is 20.4. The normalized spacial score (nSPS) is 14.6. The van der Waals surface area contributed by atoms with E-state index in [1.807, 2.05) is 20.8 Å². The van der Waals surface area contributed by atoms with Crippen molar-refractivity contribution in [1.29, 1.82) is 0 Å². The molecule has 1 N–H and O–H groups in total. The molecule has 144 valence electrons. The fourth-order valence-electron chi connectivity index (χ4n) is 2.72. The number of rotatable bonds is 4. The van der Waals surface area contributed by atoms with Crippen molar-refractivity contribution in [3.05, 3.63) is 48.0 Å². The first kappa shape index (κ1) is 18.9. The summed E-state index contributed by atoms with van der Waals surface area (Å²) in [6.45, 7) is 6.98. The highest BCUT2D eigenvalue weighted by molar-refractivity contribution is 5.92. The monoisotopic (exact) mass is 374 g/mol. The van der Waals surface area contributed by atoms with Crippen LogP contribution < -0.4 is 5.32 Å². The van der Waals surface area contributed by atoms with Crippen LogP contribution in [0.5, 0.6) is 0 Å². The molecule has 1 aromatic heterocycles. The van der Waals surface area contributed by atoms with E-state index in [0.29, 0.717) is 19.6 Å². The largest absolute Gasteiger partial charge is 0.444 e. The molecule has 2 heterocycles. The molecule has 0 radical (unpaired) electrons. The van der Waals surface area contributed by atoms with Crippen molar-refractivity contribution in [2.75, 3.05) is 19.6 Å². The molecule has 7 nitrogen and oxygen atoms in total. The molecular formula is C19H23FN4O3. The zero-order valence-electron chi connectivity index (χ0n) is 15.6. The van der Waals surface area contributed by atoms with E-state index in [2.05, 4.69) is 10.4 Å². The summed E-state index contributed by atoms with van der Waals surface area (Å²) in [6.07, 6.45) is 1.20. The van der Waals surface area contributed by atoms with E-state index in [-0.39, 0.29) is 29.3 Å². The minimum atomic E-state index is -0.520. The van der Waals surface area contributed by atoms with E-state index in [4.69, 9.17) is 4.74 Å². The van der Waals surface area contributed by atoms with Crippen LogP contribution in [0, 0.1) is 11.7 Å². The number of nitrogens with zero attached hydrogens (tertiary/aromatic N) is 3. The lowest BCUT2D eigenvalue weighted by molar-refractivity contribution is -0.000540. The van der Waals surface area contributed by atoms with Gasteiger partial charge in [-0.1, -0.05) is 12.1 Å². The number of carbonyl (C=O) groups excluding carboxylic acids is 2. The van der Waals surface area contributed by atoms with Gasteiger partial charge < -0.3 is 15.0 Å². The van der Waals surface area contributed by atoms with Crippen LogP contribution in [-0.4, -0.2) is 51.9 Å². The molecule has 8 heteroatoms. The van der Waals surface area contributed by atoms with Gasteiger partial charge in [-0.3, -0.25) is 4.79 Å². The van der Waals surface area contributed by atoms with Crippen molar-refractivity contribution in [2.45, 2.75) is 26.4 Å². The zero-order chi connectivity index (χ0) is 19.6. The molecular weight excluding hydrogens is 351 g/mol. The maximum Gasteiger partial charge on any atom is 0.410 e. The summed E-state index contributed by atoms with van der Waals surface area (Å²) in [5.74, 6) is -0.569. The number of nitrogens with one attached hydrogen (secondary N) is 1. The number of carbonyl (C=O) groups is 2. The lowest BCUT2D eigenvalue weighted by atomic mass is 10.0. The molecule has 0 atom stereocenters. The molecule has 2 aromatic rings. The highest BCUT2D eigenvalue weighted by Crippen LogP contribution is 2.19. The molecule has 0 unspecified atom stereocenters. The maximum absolute atomic E-state index is 13.8. The number of hydrogen-bond acceptors (Lipinski definition) is 4. The summed E-state index contributed by atoms with van der Waals surface area (Å²) in [5.41, 5.74) is -0.0295. The van der Waals surface area contributed by atoms with E-state index < -0.39 is 11.4 Å². The highest BCUT2D eigenvalue weighted by Gasteiger charge is 2.33. The fourth-order valence-corrected chi connectivity index (χ4v) is 2.72. The van der Waals surface area contributed by atoms with Gasteiger partial charge in [0.15, 0.2) is 5.69 Å². The van der Waals surface area contributed by atoms with Crippen LogP contribution >= 0.6 is 0 Å². The third kappa shape index (κ3) is 4.64. The Kier molecular flexibility index (Phi) is 5.16. The standard InChI is InChI=1S/C19H23FN4O3/c1-19(2,3)27-18(26)23-11-13(12-23)10-21-17(25)15-8-9-24(22-15)16-7-5-4-6-14(16)20/h4-9,13H,10-12H2,1-3H3,(H,21,25). The molecule has 1 aliphatic heterocycles. The quantitative estimate of drug-likeness (QED) is 0.893. The van der Waals surface area contributed by atoms with Crippen LogP contribution in [0.1, 0.15) is 31.3 Å². The van der Waals surface area contributed by atoms with Crippen molar-refractivity contribution in [3.63, 3.8) is 0 Å². The Bertz CT molecular complexity index is 837. The molecule has 1 saturated heterocycles. The number of ether oxygens (including phenoxy) is 1. The van der Waals surface area contributed by atoms with Crippen LogP contribution in [-0.2, 0) is 4.74 Å². The minimum Gasteiger partial charge on any atom is -0.444 e. The van der Waals surface area contributed by atoms with Crippen LogP contribution in [0.15, 0.2) is 36.5 Å². The maximum atomic E-state index is 13.8. The van der Waals surface area contributed by atoms with Crippen LogP contribution in [0.4, 0.5) is 9.18 Å². The second-order valence-corrected chi connectivity index (χ2v) is 7.56. The van der Waals surface area contributed by atoms with Gasteiger partial charge in [-0.25, -0.2) is 13.9 Å². The first-order valence-electron chi connectivity index (χ1n) is 8.79. The smallest absolute Gasteiger partial charge is 0.410 e. The Labute approximate surface area is 157 Å². The van der Waals surface area contributed by atoms with E-state index >= 15 is 0 Å². The topological polar surface area (TPSA) is 76.5 Å². The van der Waals surface area contributed by atoms with Crippen molar-refractivity contribution in [3.8, 4) is 5.69 Å². The van der Waals surface area contributed by atoms with E-state index in [0.717, 1.165) is 0 Å². The van der Waals surface area contributed by atoms with Gasteiger partial charge in [0.1, 0.15) is 17.1 Å². The summed E-state index contributed by atoms with van der Waals surface area (Å²) >= 11 is 0. The summed E-state index contributed by atoms with van der Waals surface area (Å²) in [5, 5.41) is 6.93. The molecule has 0 aliphatic carbocycles. The van der Waals surface area contributed by atoms with Gasteiger partial charge in [0.05, 0.1) is 0 Å². The lowest BCUT2D eigenvalue weighted by Crippen LogP contribution is -2.54. The third-order valence-corrected chi connectivity index (χ3v) is 4.08. The van der Waals surface area contributed by atoms with Crippen molar-refractivity contribution >= 4 is 12.0 Å². The first-order chi connectivity index (χ1) is 12.7.